The molecule has 2 heterocycles. The van der Waals surface area contributed by atoms with Gasteiger partial charge < -0.3 is 29.2 Å². The van der Waals surface area contributed by atoms with E-state index in [1.165, 1.54) is 31.3 Å². The van der Waals surface area contributed by atoms with E-state index in [-0.39, 0.29) is 31.3 Å². The van der Waals surface area contributed by atoms with Crippen molar-refractivity contribution < 1.29 is 33.3 Å². The zero-order valence-electron chi connectivity index (χ0n) is 24.1. The Balaban J connectivity index is 1.51. The molecule has 2 amide bonds. The lowest BCUT2D eigenvalue weighted by Gasteiger charge is -2.35. The molecule has 220 valence electrons. The normalized spacial score (nSPS) is 17.4. The van der Waals surface area contributed by atoms with Crippen molar-refractivity contribution in [3.8, 4) is 11.5 Å². The molecule has 0 spiro atoms. The third-order valence-corrected chi connectivity index (χ3v) is 7.89. The highest BCUT2D eigenvalue weighted by atomic mass is 19.1. The summed E-state index contributed by atoms with van der Waals surface area (Å²) in [5, 5.41) is 12.7. The third-order valence-electron chi connectivity index (χ3n) is 7.89. The lowest BCUT2D eigenvalue weighted by atomic mass is 9.97. The molecule has 1 atom stereocenters. The summed E-state index contributed by atoms with van der Waals surface area (Å²) in [4.78, 5) is 26.3. The monoisotopic (exact) mass is 575 g/mol. The lowest BCUT2D eigenvalue weighted by molar-refractivity contribution is -0.120. The Morgan fingerprint density at radius 2 is 1.88 bits per heavy atom. The average molecular weight is 576 g/mol. The average Bonchev–Trinajstić information content (AvgIpc) is 3.50. The molecule has 1 aromatic heterocycles. The summed E-state index contributed by atoms with van der Waals surface area (Å²) in [6.07, 6.45) is 2.92. The molecule has 2 aliphatic rings. The molecule has 1 saturated heterocycles. The zero-order chi connectivity index (χ0) is 30.0. The summed E-state index contributed by atoms with van der Waals surface area (Å²) in [5.74, 6) is 0.381. The molecule has 1 aliphatic heterocycles. The molecule has 2 N–H and O–H groups in total. The molecule has 9 nitrogen and oxygen atoms in total. The minimum absolute atomic E-state index is 0.0995. The number of carbonyl (C=O) groups is 2. The second-order valence-electron chi connectivity index (χ2n) is 10.3. The number of methoxy groups -OCH3 is 2. The number of morpholine rings is 1. The van der Waals surface area contributed by atoms with Gasteiger partial charge in [-0.05, 0) is 82.8 Å². The second kappa shape index (κ2) is 12.1. The number of nitrogens with zero attached hydrogens (tertiary/aromatic N) is 2. The van der Waals surface area contributed by atoms with Crippen LogP contribution in [0, 0.1) is 5.82 Å². The fraction of sp³-hybridized carbons (Fsp3) is 0.312. The number of fused-ring (bicyclic) bond motifs is 1. The van der Waals surface area contributed by atoms with Gasteiger partial charge in [-0.25, -0.2) is 9.18 Å². The molecular weight excluding hydrogens is 541 g/mol. The number of aryl methyl sites for hydroxylation is 1. The van der Waals surface area contributed by atoms with E-state index < -0.39 is 12.1 Å². The lowest BCUT2D eigenvalue weighted by Crippen LogP contribution is -2.42. The van der Waals surface area contributed by atoms with Crippen LogP contribution in [-0.2, 0) is 23.1 Å². The van der Waals surface area contributed by atoms with E-state index in [1.807, 2.05) is 55.1 Å². The Hall–Kier alpha value is -4.57. The van der Waals surface area contributed by atoms with Gasteiger partial charge in [0.25, 0.3) is 0 Å². The van der Waals surface area contributed by atoms with E-state index in [4.69, 9.17) is 14.2 Å². The number of amides is 2. The fourth-order valence-electron chi connectivity index (χ4n) is 5.68. The Morgan fingerprint density at radius 3 is 2.52 bits per heavy atom. The molecule has 5 rings (SSSR count). The summed E-state index contributed by atoms with van der Waals surface area (Å²) >= 11 is 0. The maximum absolute atomic E-state index is 14.4. The summed E-state index contributed by atoms with van der Waals surface area (Å²) in [7, 11) is 4.97. The van der Waals surface area contributed by atoms with Crippen LogP contribution >= 0.6 is 0 Å². The Morgan fingerprint density at radius 1 is 1.14 bits per heavy atom. The first kappa shape index (κ1) is 28.9. The van der Waals surface area contributed by atoms with Gasteiger partial charge in [0.15, 0.2) is 0 Å². The van der Waals surface area contributed by atoms with E-state index in [0.29, 0.717) is 35.8 Å². The number of halogens is 1. The molecule has 3 aromatic rings. The van der Waals surface area contributed by atoms with Crippen LogP contribution in [0.5, 0.6) is 11.5 Å². The molecule has 1 aliphatic carbocycles. The van der Waals surface area contributed by atoms with Gasteiger partial charge in [0.05, 0.1) is 52.0 Å². The van der Waals surface area contributed by atoms with Crippen molar-refractivity contribution >= 4 is 29.2 Å². The number of aromatic nitrogens is 1. The van der Waals surface area contributed by atoms with Gasteiger partial charge >= 0.3 is 6.09 Å². The van der Waals surface area contributed by atoms with Crippen LogP contribution in [0.2, 0.25) is 0 Å². The number of nitrogens with one attached hydrogen (secondary N) is 1. The maximum atomic E-state index is 14.4. The second-order valence-corrected chi connectivity index (χ2v) is 10.3. The number of hydrogen-bond acceptors (Lipinski definition) is 5. The first-order valence-electron chi connectivity index (χ1n) is 13.6. The first-order chi connectivity index (χ1) is 20.2. The van der Waals surface area contributed by atoms with Gasteiger partial charge in [-0.1, -0.05) is 6.07 Å². The summed E-state index contributed by atoms with van der Waals surface area (Å²) in [6, 6.07) is 11.5. The van der Waals surface area contributed by atoms with Crippen LogP contribution in [0.15, 0.2) is 54.2 Å². The summed E-state index contributed by atoms with van der Waals surface area (Å²) < 4.78 is 33.4. The van der Waals surface area contributed by atoms with E-state index in [0.717, 1.165) is 33.5 Å². The van der Waals surface area contributed by atoms with Crippen molar-refractivity contribution in [3.05, 3.63) is 88.0 Å². The molecule has 1 unspecified atom stereocenters. The van der Waals surface area contributed by atoms with E-state index >= 15 is 0 Å². The van der Waals surface area contributed by atoms with Crippen molar-refractivity contribution in [2.75, 3.05) is 34.0 Å². The largest absolute Gasteiger partial charge is 0.496 e. The fourth-order valence-corrected chi connectivity index (χ4v) is 5.68. The number of carbonyl (C=O) groups excluding carboxylic acids is 1. The molecule has 10 heteroatoms. The standard InChI is InChI=1S/C32H34FN3O6/c1-19-24(12-20-13-28(40-3)31(29(14-20)41-4)27-18-42-11-10-36(27)32(38)39)23-8-7-21(33)15-26(23)25(19)16-30(37)34-17-22-6-5-9-35(22)2/h5-9,12-15,27H,10-11,16-18H2,1-4H3,(H,34,37)(H,38,39)/b24-12-. The highest BCUT2D eigenvalue weighted by molar-refractivity contribution is 6.08. The van der Waals surface area contributed by atoms with Crippen molar-refractivity contribution in [1.82, 2.24) is 14.8 Å². The van der Waals surface area contributed by atoms with Crippen LogP contribution in [0.4, 0.5) is 9.18 Å². The molecule has 0 radical (unpaired) electrons. The Bertz CT molecular complexity index is 1570. The summed E-state index contributed by atoms with van der Waals surface area (Å²) in [5.41, 5.74) is 6.27. The number of ether oxygens (including phenoxy) is 3. The smallest absolute Gasteiger partial charge is 0.407 e. The molecule has 1 fully saturated rings. The molecule has 42 heavy (non-hydrogen) atoms. The van der Waals surface area contributed by atoms with Crippen LogP contribution in [0.3, 0.4) is 0 Å². The van der Waals surface area contributed by atoms with Crippen molar-refractivity contribution in [3.63, 3.8) is 0 Å². The minimum atomic E-state index is -1.05. The minimum Gasteiger partial charge on any atom is -0.496 e. The van der Waals surface area contributed by atoms with Crippen LogP contribution in [0.25, 0.3) is 17.2 Å². The number of rotatable bonds is 8. The highest BCUT2D eigenvalue weighted by Crippen LogP contribution is 2.45. The van der Waals surface area contributed by atoms with Gasteiger partial charge in [-0.15, -0.1) is 0 Å². The molecule has 2 aromatic carbocycles. The summed E-state index contributed by atoms with van der Waals surface area (Å²) in [6.45, 7) is 3.05. The predicted molar refractivity (Wildman–Crippen MR) is 157 cm³/mol. The predicted octanol–water partition coefficient (Wildman–Crippen LogP) is 5.27. The number of hydrogen-bond donors (Lipinski definition) is 2. The highest BCUT2D eigenvalue weighted by Gasteiger charge is 2.33. The van der Waals surface area contributed by atoms with Gasteiger partial charge in [0.1, 0.15) is 17.3 Å². The quantitative estimate of drug-likeness (QED) is 0.380. The van der Waals surface area contributed by atoms with Crippen molar-refractivity contribution in [1.29, 1.82) is 0 Å². The Labute approximate surface area is 243 Å². The van der Waals surface area contributed by atoms with Gasteiger partial charge in [-0.2, -0.15) is 0 Å². The number of allylic oxidation sites excluding steroid dienone is 2. The molecule has 0 bridgehead atoms. The number of benzene rings is 2. The molecular formula is C32H34FN3O6. The van der Waals surface area contributed by atoms with Crippen molar-refractivity contribution in [2.24, 2.45) is 7.05 Å². The Kier molecular flexibility index (Phi) is 8.35. The van der Waals surface area contributed by atoms with Crippen molar-refractivity contribution in [2.45, 2.75) is 25.9 Å². The topological polar surface area (TPSA) is 102 Å². The number of carboxylic acid groups (broad SMARTS) is 1. The van der Waals surface area contributed by atoms with Gasteiger partial charge in [0.2, 0.25) is 5.91 Å². The molecule has 0 saturated carbocycles. The van der Waals surface area contributed by atoms with Gasteiger partial charge in [0, 0.05) is 25.5 Å². The maximum Gasteiger partial charge on any atom is 0.407 e. The SMILES string of the molecule is COc1cc(/C=C2/C(C)=C(CC(=O)NCc3cccn3C)c3cc(F)ccc32)cc(OC)c1C1COCCN1C(=O)O. The third kappa shape index (κ3) is 5.62. The zero-order valence-corrected chi connectivity index (χ0v) is 24.1. The van der Waals surface area contributed by atoms with Gasteiger partial charge in [-0.3, -0.25) is 9.69 Å². The van der Waals surface area contributed by atoms with E-state index in [1.54, 1.807) is 6.07 Å². The van der Waals surface area contributed by atoms with Crippen LogP contribution in [-0.4, -0.2) is 60.6 Å². The van der Waals surface area contributed by atoms with E-state index in [9.17, 15) is 19.1 Å². The van der Waals surface area contributed by atoms with Crippen LogP contribution < -0.4 is 14.8 Å². The van der Waals surface area contributed by atoms with Crippen LogP contribution in [0.1, 0.15) is 47.3 Å². The first-order valence-corrected chi connectivity index (χ1v) is 13.6. The van der Waals surface area contributed by atoms with E-state index in [2.05, 4.69) is 5.32 Å².